The van der Waals surface area contributed by atoms with Crippen molar-refractivity contribution >= 4 is 17.5 Å². The van der Waals surface area contributed by atoms with Crippen molar-refractivity contribution in [3.05, 3.63) is 0 Å². The lowest BCUT2D eigenvalue weighted by molar-refractivity contribution is -0.135. The number of ether oxygens (including phenoxy) is 1. The van der Waals surface area contributed by atoms with Gasteiger partial charge in [-0.3, -0.25) is 4.79 Å². The maximum absolute atomic E-state index is 11.5. The van der Waals surface area contributed by atoms with Crippen LogP contribution in [0.3, 0.4) is 0 Å². The van der Waals surface area contributed by atoms with E-state index in [0.29, 0.717) is 6.42 Å². The monoisotopic (exact) mass is 229 g/mol. The first kappa shape index (κ1) is 14.6. The van der Waals surface area contributed by atoms with E-state index < -0.39 is 5.97 Å². The number of oxime groups is 1. The number of unbranched alkanes of at least 4 members (excludes halogenated alkanes) is 1. The van der Waals surface area contributed by atoms with E-state index in [4.69, 9.17) is 4.74 Å². The molecule has 0 spiro atoms. The van der Waals surface area contributed by atoms with Crippen LogP contribution in [0.15, 0.2) is 5.16 Å². The van der Waals surface area contributed by atoms with E-state index in [0.717, 1.165) is 12.8 Å². The van der Waals surface area contributed by atoms with Crippen LogP contribution in [0.2, 0.25) is 0 Å². The summed E-state index contributed by atoms with van der Waals surface area (Å²) in [5, 5.41) is 3.51. The second kappa shape index (κ2) is 8.88. The van der Waals surface area contributed by atoms with E-state index in [2.05, 4.69) is 9.99 Å². The molecule has 0 bridgehead atoms. The van der Waals surface area contributed by atoms with Gasteiger partial charge in [0.2, 0.25) is 0 Å². The highest BCUT2D eigenvalue weighted by molar-refractivity contribution is 6.39. The predicted octanol–water partition coefficient (Wildman–Crippen LogP) is 1.70. The number of rotatable bonds is 8. The molecule has 0 fully saturated rings. The summed E-state index contributed by atoms with van der Waals surface area (Å²) in [7, 11) is 1.33. The molecule has 0 N–H and O–H groups in total. The van der Waals surface area contributed by atoms with Gasteiger partial charge in [-0.05, 0) is 13.3 Å². The fourth-order valence-electron chi connectivity index (χ4n) is 1.12. The highest BCUT2D eigenvalue weighted by atomic mass is 16.6. The average Bonchev–Trinajstić information content (AvgIpc) is 2.26. The number of ketones is 1. The number of hydrogen-bond acceptors (Lipinski definition) is 5. The predicted molar refractivity (Wildman–Crippen MR) is 60.2 cm³/mol. The Kier molecular flexibility index (Phi) is 8.11. The van der Waals surface area contributed by atoms with Crippen LogP contribution in [-0.4, -0.2) is 31.2 Å². The maximum Gasteiger partial charge on any atom is 0.356 e. The Morgan fingerprint density at radius 3 is 2.44 bits per heavy atom. The van der Waals surface area contributed by atoms with Gasteiger partial charge in [-0.15, -0.1) is 0 Å². The fraction of sp³-hybridized carbons (Fsp3) is 0.727. The van der Waals surface area contributed by atoms with Crippen LogP contribution in [0, 0.1) is 0 Å². The normalized spacial score (nSPS) is 11.1. The summed E-state index contributed by atoms with van der Waals surface area (Å²) in [5.41, 5.74) is 0.0328. The van der Waals surface area contributed by atoms with E-state index in [-0.39, 0.29) is 24.5 Å². The Morgan fingerprint density at radius 2 is 1.94 bits per heavy atom. The number of carbonyl (C=O) groups excluding carboxylic acids is 2. The van der Waals surface area contributed by atoms with Crippen molar-refractivity contribution in [1.82, 2.24) is 0 Å². The molecule has 5 nitrogen and oxygen atoms in total. The molecule has 16 heavy (non-hydrogen) atoms. The van der Waals surface area contributed by atoms with E-state index >= 15 is 0 Å². The second-order valence-corrected chi connectivity index (χ2v) is 3.26. The van der Waals surface area contributed by atoms with Crippen LogP contribution in [0.4, 0.5) is 0 Å². The van der Waals surface area contributed by atoms with Gasteiger partial charge < -0.3 is 9.57 Å². The van der Waals surface area contributed by atoms with E-state index in [1.807, 2.05) is 6.92 Å². The van der Waals surface area contributed by atoms with Crippen molar-refractivity contribution in [2.24, 2.45) is 5.16 Å². The zero-order valence-electron chi connectivity index (χ0n) is 10.1. The van der Waals surface area contributed by atoms with Gasteiger partial charge >= 0.3 is 5.97 Å². The van der Waals surface area contributed by atoms with Gasteiger partial charge in [0.25, 0.3) is 0 Å². The molecule has 92 valence electrons. The summed E-state index contributed by atoms with van der Waals surface area (Å²) in [6, 6.07) is 0. The van der Waals surface area contributed by atoms with Crippen molar-refractivity contribution in [1.29, 1.82) is 0 Å². The second-order valence-electron chi connectivity index (χ2n) is 3.26. The number of carbonyl (C=O) groups is 2. The molecule has 0 rings (SSSR count). The molecule has 0 aromatic rings. The summed E-state index contributed by atoms with van der Waals surface area (Å²) < 4.78 is 4.76. The first-order valence-electron chi connectivity index (χ1n) is 5.44. The van der Waals surface area contributed by atoms with Crippen LogP contribution in [0.1, 0.15) is 39.5 Å². The molecule has 5 heteroatoms. The van der Waals surface area contributed by atoms with Gasteiger partial charge in [-0.25, -0.2) is 4.79 Å². The molecule has 0 saturated heterocycles. The molecule has 0 aromatic heterocycles. The lowest BCUT2D eigenvalue weighted by Gasteiger charge is -2.04. The lowest BCUT2D eigenvalue weighted by Crippen LogP contribution is -2.21. The molecule has 0 aromatic carbocycles. The zero-order valence-corrected chi connectivity index (χ0v) is 10.1. The van der Waals surface area contributed by atoms with Crippen molar-refractivity contribution in [3.63, 3.8) is 0 Å². The third-order valence-corrected chi connectivity index (χ3v) is 1.89. The molecule has 0 saturated carbocycles. The van der Waals surface area contributed by atoms with Crippen molar-refractivity contribution in [2.45, 2.75) is 39.5 Å². The molecule has 0 unspecified atom stereocenters. The maximum atomic E-state index is 11.5. The molecule has 0 aliphatic heterocycles. The average molecular weight is 229 g/mol. The molecule has 0 amide bonds. The number of esters is 1. The van der Waals surface area contributed by atoms with Gasteiger partial charge in [-0.1, -0.05) is 18.5 Å². The van der Waals surface area contributed by atoms with Crippen molar-refractivity contribution in [3.8, 4) is 0 Å². The summed E-state index contributed by atoms with van der Waals surface area (Å²) in [6.07, 6.45) is 2.20. The van der Waals surface area contributed by atoms with Crippen molar-refractivity contribution < 1.29 is 19.2 Å². The number of Topliss-reactive ketones (excluding diaryl/α,β-unsaturated/α-hetero) is 1. The van der Waals surface area contributed by atoms with Crippen LogP contribution >= 0.6 is 0 Å². The Morgan fingerprint density at radius 1 is 1.25 bits per heavy atom. The Bertz CT molecular complexity index is 261. The van der Waals surface area contributed by atoms with Gasteiger partial charge in [0.15, 0.2) is 5.71 Å². The molecule has 0 aliphatic rings. The van der Waals surface area contributed by atoms with E-state index in [1.54, 1.807) is 6.92 Å². The quantitative estimate of drug-likeness (QED) is 0.361. The Labute approximate surface area is 95.8 Å². The fourth-order valence-corrected chi connectivity index (χ4v) is 1.12. The molecule has 0 atom stereocenters. The highest BCUT2D eigenvalue weighted by Gasteiger charge is 2.17. The third kappa shape index (κ3) is 6.16. The summed E-state index contributed by atoms with van der Waals surface area (Å²) >= 11 is 0. The van der Waals surface area contributed by atoms with Crippen LogP contribution in [-0.2, 0) is 19.2 Å². The molecule has 0 aliphatic carbocycles. The van der Waals surface area contributed by atoms with Crippen molar-refractivity contribution in [2.75, 3.05) is 13.7 Å². The van der Waals surface area contributed by atoms with Crippen LogP contribution in [0.25, 0.3) is 0 Å². The van der Waals surface area contributed by atoms with E-state index in [1.165, 1.54) is 7.11 Å². The summed E-state index contributed by atoms with van der Waals surface area (Å²) in [5.74, 6) is -0.611. The minimum Gasteiger partial charge on any atom is -0.461 e. The van der Waals surface area contributed by atoms with E-state index in [9.17, 15) is 9.59 Å². The number of hydrogen-bond donors (Lipinski definition) is 0. The minimum atomic E-state index is -0.589. The smallest absolute Gasteiger partial charge is 0.356 e. The molecular weight excluding hydrogens is 210 g/mol. The van der Waals surface area contributed by atoms with Crippen LogP contribution in [0.5, 0.6) is 0 Å². The SMILES string of the molecule is CCCCC(=O)CC(=NOC)C(=O)OCC. The zero-order chi connectivity index (χ0) is 12.4. The summed E-state index contributed by atoms with van der Waals surface area (Å²) in [6.45, 7) is 3.95. The van der Waals surface area contributed by atoms with Gasteiger partial charge in [0.05, 0.1) is 13.0 Å². The standard InChI is InChI=1S/C11H19NO4/c1-4-6-7-9(13)8-10(12-15-3)11(14)16-5-2/h4-8H2,1-3H3. The topological polar surface area (TPSA) is 65.0 Å². The molecule has 0 radical (unpaired) electrons. The van der Waals surface area contributed by atoms with Gasteiger partial charge in [-0.2, -0.15) is 0 Å². The highest BCUT2D eigenvalue weighted by Crippen LogP contribution is 2.02. The largest absolute Gasteiger partial charge is 0.461 e. The molecular formula is C11H19NO4. The molecule has 0 heterocycles. The Hall–Kier alpha value is -1.39. The lowest BCUT2D eigenvalue weighted by atomic mass is 10.1. The summed E-state index contributed by atoms with van der Waals surface area (Å²) in [4.78, 5) is 27.3. The third-order valence-electron chi connectivity index (χ3n) is 1.89. The van der Waals surface area contributed by atoms with Gasteiger partial charge in [0.1, 0.15) is 12.9 Å². The first-order chi connectivity index (χ1) is 7.65. The first-order valence-corrected chi connectivity index (χ1v) is 5.44. The minimum absolute atomic E-state index is 0.0212. The Balaban J connectivity index is 4.28. The van der Waals surface area contributed by atoms with Gasteiger partial charge in [0, 0.05) is 6.42 Å². The number of nitrogens with zero attached hydrogens (tertiary/aromatic N) is 1. The van der Waals surface area contributed by atoms with Crippen LogP contribution < -0.4 is 0 Å².